The molecule has 5 atom stereocenters. The van der Waals surface area contributed by atoms with E-state index in [4.69, 9.17) is 11.6 Å². The van der Waals surface area contributed by atoms with Gasteiger partial charge < -0.3 is 20.3 Å². The Bertz CT molecular complexity index is 1490. The predicted octanol–water partition coefficient (Wildman–Crippen LogP) is 4.82. The van der Waals surface area contributed by atoms with E-state index >= 15 is 0 Å². The molecule has 3 N–H and O–H groups in total. The van der Waals surface area contributed by atoms with E-state index in [1.165, 1.54) is 0 Å². The molecule has 4 aromatic rings. The largest absolute Gasteiger partial charge is 0.378 e. The molecule has 3 unspecified atom stereocenters. The molecule has 2 heterocycles. The molecule has 0 saturated carbocycles. The summed E-state index contributed by atoms with van der Waals surface area (Å²) in [6, 6.07) is 23.4. The van der Waals surface area contributed by atoms with Gasteiger partial charge in [-0.2, -0.15) is 0 Å². The number of nitrogens with one attached hydrogen (secondary N) is 2. The molecule has 7 nitrogen and oxygen atoms in total. The number of benzene rings is 3. The second-order valence-electron chi connectivity index (χ2n) is 10.8. The molecule has 0 saturated heterocycles. The van der Waals surface area contributed by atoms with E-state index < -0.39 is 29.5 Å². The Morgan fingerprint density at radius 2 is 1.73 bits per heavy atom. The lowest BCUT2D eigenvalue weighted by Crippen LogP contribution is -2.57. The van der Waals surface area contributed by atoms with Crippen LogP contribution in [0.5, 0.6) is 0 Å². The SMILES string of the molecule is CC(c1c[nH]c2ccccc12)C(NC(=O)[C@@H](O)c1ccccc1)C(=O)N1c2ccccc2C[C@H](CN(C)C)C1Cl. The van der Waals surface area contributed by atoms with Gasteiger partial charge in [0.25, 0.3) is 11.8 Å². The third kappa shape index (κ3) is 5.50. The molecule has 0 radical (unpaired) electrons. The first-order chi connectivity index (χ1) is 19.3. The number of alkyl halides is 1. The molecule has 0 spiro atoms. The Morgan fingerprint density at radius 1 is 1.05 bits per heavy atom. The smallest absolute Gasteiger partial charge is 0.254 e. The van der Waals surface area contributed by atoms with Crippen LogP contribution in [0.2, 0.25) is 0 Å². The van der Waals surface area contributed by atoms with Gasteiger partial charge in [0.1, 0.15) is 11.5 Å². The lowest BCUT2D eigenvalue weighted by atomic mass is 9.88. The minimum atomic E-state index is -1.42. The molecule has 1 aliphatic heterocycles. The first kappa shape index (κ1) is 27.9. The molecule has 208 valence electrons. The number of nitrogens with zero attached hydrogens (tertiary/aromatic N) is 2. The maximum Gasteiger partial charge on any atom is 0.254 e. The standard InChI is InChI=1S/C32H35ClN4O3/c1-20(25-18-34-26-15-9-8-14-24(25)26)28(35-31(39)29(38)21-11-5-4-6-12-21)32(40)37-27-16-10-7-13-22(27)17-23(30(37)33)19-36(2)3/h4-16,18,20,23,28-30,34,38H,17,19H2,1-3H3,(H,35,39)/t20?,23-,28?,29+,30?/m1/s1. The van der Waals surface area contributed by atoms with Gasteiger partial charge in [0.05, 0.1) is 0 Å². The van der Waals surface area contributed by atoms with E-state index in [1.807, 2.05) is 81.8 Å². The fraction of sp³-hybridized carbons (Fsp3) is 0.312. The van der Waals surface area contributed by atoms with E-state index in [1.54, 1.807) is 29.2 Å². The summed E-state index contributed by atoms with van der Waals surface area (Å²) in [5.41, 5.74) is 3.46. The molecule has 40 heavy (non-hydrogen) atoms. The van der Waals surface area contributed by atoms with Gasteiger partial charge in [0.15, 0.2) is 6.10 Å². The number of aliphatic hydroxyl groups excluding tert-OH is 1. The highest BCUT2D eigenvalue weighted by atomic mass is 35.5. The minimum absolute atomic E-state index is 0.00910. The summed E-state index contributed by atoms with van der Waals surface area (Å²) in [7, 11) is 3.98. The highest BCUT2D eigenvalue weighted by molar-refractivity contribution is 6.25. The van der Waals surface area contributed by atoms with Crippen LogP contribution >= 0.6 is 11.6 Å². The van der Waals surface area contributed by atoms with E-state index in [-0.39, 0.29) is 11.8 Å². The maximum atomic E-state index is 14.6. The van der Waals surface area contributed by atoms with Crippen molar-refractivity contribution in [1.82, 2.24) is 15.2 Å². The normalized spacial score (nSPS) is 19.2. The monoisotopic (exact) mass is 558 g/mol. The van der Waals surface area contributed by atoms with Crippen molar-refractivity contribution < 1.29 is 14.7 Å². The van der Waals surface area contributed by atoms with Crippen molar-refractivity contribution in [3.63, 3.8) is 0 Å². The summed E-state index contributed by atoms with van der Waals surface area (Å²) in [4.78, 5) is 35.0. The minimum Gasteiger partial charge on any atom is -0.378 e. The zero-order valence-corrected chi connectivity index (χ0v) is 23.7. The summed E-state index contributed by atoms with van der Waals surface area (Å²) in [5.74, 6) is -1.40. The number of amides is 2. The molecule has 1 aliphatic rings. The Morgan fingerprint density at radius 3 is 2.48 bits per heavy atom. The van der Waals surface area contributed by atoms with Crippen molar-refractivity contribution in [3.8, 4) is 0 Å². The molecule has 2 amide bonds. The molecule has 1 aromatic heterocycles. The van der Waals surface area contributed by atoms with Crippen molar-refractivity contribution in [2.24, 2.45) is 5.92 Å². The Kier molecular flexibility index (Phi) is 8.26. The number of hydrogen-bond donors (Lipinski definition) is 3. The number of fused-ring (bicyclic) bond motifs is 2. The Labute approximate surface area is 239 Å². The van der Waals surface area contributed by atoms with Gasteiger partial charge in [-0.25, -0.2) is 0 Å². The molecule has 0 aliphatic carbocycles. The van der Waals surface area contributed by atoms with Crippen molar-refractivity contribution >= 4 is 40.0 Å². The number of H-pyrrole nitrogens is 1. The van der Waals surface area contributed by atoms with Gasteiger partial charge in [-0.05, 0) is 49.3 Å². The van der Waals surface area contributed by atoms with Gasteiger partial charge in [-0.15, -0.1) is 0 Å². The van der Waals surface area contributed by atoms with Gasteiger partial charge in [0, 0.05) is 41.2 Å². The number of aliphatic hydroxyl groups is 1. The van der Waals surface area contributed by atoms with Crippen LogP contribution in [-0.4, -0.2) is 59.0 Å². The van der Waals surface area contributed by atoms with Gasteiger partial charge in [-0.1, -0.05) is 85.3 Å². The Hall–Kier alpha value is -3.65. The van der Waals surface area contributed by atoms with Crippen molar-refractivity contribution in [2.75, 3.05) is 25.5 Å². The summed E-state index contributed by atoms with van der Waals surface area (Å²) < 4.78 is 0. The highest BCUT2D eigenvalue weighted by Gasteiger charge is 2.42. The zero-order chi connectivity index (χ0) is 28.4. The fourth-order valence-electron chi connectivity index (χ4n) is 5.72. The van der Waals surface area contributed by atoms with Crippen LogP contribution in [0.15, 0.2) is 85.1 Å². The van der Waals surface area contributed by atoms with Crippen LogP contribution in [0.3, 0.4) is 0 Å². The summed E-state index contributed by atoms with van der Waals surface area (Å²) >= 11 is 7.09. The van der Waals surface area contributed by atoms with E-state index in [2.05, 4.69) is 15.2 Å². The molecular formula is C32H35ClN4O3. The van der Waals surface area contributed by atoms with Crippen molar-refractivity contribution in [1.29, 1.82) is 0 Å². The number of aromatic nitrogens is 1. The van der Waals surface area contributed by atoms with Crippen LogP contribution in [0.4, 0.5) is 5.69 Å². The van der Waals surface area contributed by atoms with E-state index in [0.29, 0.717) is 12.1 Å². The van der Waals surface area contributed by atoms with Crippen LogP contribution in [0.25, 0.3) is 10.9 Å². The molecule has 8 heteroatoms. The van der Waals surface area contributed by atoms with Gasteiger partial charge >= 0.3 is 0 Å². The number of para-hydroxylation sites is 2. The second kappa shape index (κ2) is 11.8. The predicted molar refractivity (Wildman–Crippen MR) is 159 cm³/mol. The summed E-state index contributed by atoms with van der Waals surface area (Å²) in [6.07, 6.45) is 1.20. The topological polar surface area (TPSA) is 88.7 Å². The summed E-state index contributed by atoms with van der Waals surface area (Å²) in [5, 5.41) is 14.8. The second-order valence-corrected chi connectivity index (χ2v) is 11.3. The van der Waals surface area contributed by atoms with Crippen LogP contribution in [0, 0.1) is 5.92 Å². The quantitative estimate of drug-likeness (QED) is 0.214. The first-order valence-electron chi connectivity index (χ1n) is 13.6. The average Bonchev–Trinajstić information content (AvgIpc) is 3.40. The number of hydrogen-bond acceptors (Lipinski definition) is 4. The third-order valence-corrected chi connectivity index (χ3v) is 8.30. The third-order valence-electron chi connectivity index (χ3n) is 7.75. The highest BCUT2D eigenvalue weighted by Crippen LogP contribution is 2.38. The zero-order valence-electron chi connectivity index (χ0n) is 22.9. The first-order valence-corrected chi connectivity index (χ1v) is 14.0. The van der Waals surface area contributed by atoms with Crippen molar-refractivity contribution in [3.05, 3.63) is 102 Å². The summed E-state index contributed by atoms with van der Waals surface area (Å²) in [6.45, 7) is 2.62. The number of anilines is 1. The number of aromatic amines is 1. The van der Waals surface area contributed by atoms with Crippen LogP contribution in [-0.2, 0) is 16.0 Å². The van der Waals surface area contributed by atoms with Crippen molar-refractivity contribution in [2.45, 2.75) is 36.9 Å². The van der Waals surface area contributed by atoms with Gasteiger partial charge in [-0.3, -0.25) is 14.5 Å². The number of halogens is 1. The molecule has 3 aromatic carbocycles. The van der Waals surface area contributed by atoms with Crippen LogP contribution in [0.1, 0.15) is 35.6 Å². The molecule has 5 rings (SSSR count). The van der Waals surface area contributed by atoms with E-state index in [0.717, 1.165) is 34.1 Å². The lowest BCUT2D eigenvalue weighted by Gasteiger charge is -2.42. The Balaban J connectivity index is 1.55. The number of carbonyl (C=O) groups is 2. The van der Waals surface area contributed by atoms with E-state index in [9.17, 15) is 14.7 Å². The molecule has 0 fully saturated rings. The maximum absolute atomic E-state index is 14.6. The number of carbonyl (C=O) groups excluding carboxylic acids is 2. The molecule has 0 bridgehead atoms. The molecular weight excluding hydrogens is 524 g/mol. The average molecular weight is 559 g/mol. The van der Waals surface area contributed by atoms with Crippen LogP contribution < -0.4 is 10.2 Å². The van der Waals surface area contributed by atoms with Gasteiger partial charge in [0.2, 0.25) is 0 Å². The lowest BCUT2D eigenvalue weighted by molar-refractivity contribution is -0.134. The fourth-order valence-corrected chi connectivity index (χ4v) is 6.09. The number of rotatable bonds is 8.